The predicted molar refractivity (Wildman–Crippen MR) is 103 cm³/mol. The molecule has 0 saturated carbocycles. The minimum Gasteiger partial charge on any atom is -0.357 e. The molecule has 2 N–H and O–H groups in total. The summed E-state index contributed by atoms with van der Waals surface area (Å²) >= 11 is 0. The number of likely N-dealkylation sites (N-methyl/N-ethyl adjacent to an activating group) is 1. The van der Waals surface area contributed by atoms with Crippen LogP contribution in [0.1, 0.15) is 24.5 Å². The molecule has 0 radical (unpaired) electrons. The van der Waals surface area contributed by atoms with Crippen LogP contribution in [0.15, 0.2) is 29.3 Å². The van der Waals surface area contributed by atoms with E-state index in [9.17, 15) is 13.2 Å². The molecule has 2 rings (SSSR count). The molecule has 0 amide bonds. The third-order valence-corrected chi connectivity index (χ3v) is 4.55. The van der Waals surface area contributed by atoms with Gasteiger partial charge in [0.25, 0.3) is 0 Å². The summed E-state index contributed by atoms with van der Waals surface area (Å²) in [7, 11) is 2.14. The van der Waals surface area contributed by atoms with Crippen molar-refractivity contribution in [3.05, 3.63) is 35.4 Å². The summed E-state index contributed by atoms with van der Waals surface area (Å²) in [5, 5.41) is 6.42. The minimum absolute atomic E-state index is 0.202. The maximum Gasteiger partial charge on any atom is 0.416 e. The van der Waals surface area contributed by atoms with Gasteiger partial charge < -0.3 is 20.4 Å². The summed E-state index contributed by atoms with van der Waals surface area (Å²) in [6.45, 7) is 8.87. The molecule has 27 heavy (non-hydrogen) atoms. The number of nitrogens with zero attached hydrogens (tertiary/aromatic N) is 3. The van der Waals surface area contributed by atoms with Crippen LogP contribution in [0, 0.1) is 0 Å². The number of hydrogen-bond donors (Lipinski definition) is 2. The largest absolute Gasteiger partial charge is 0.416 e. The highest BCUT2D eigenvalue weighted by Gasteiger charge is 2.30. The van der Waals surface area contributed by atoms with Gasteiger partial charge in [0.2, 0.25) is 0 Å². The van der Waals surface area contributed by atoms with Crippen molar-refractivity contribution in [3.63, 3.8) is 0 Å². The van der Waals surface area contributed by atoms with E-state index in [0.29, 0.717) is 18.1 Å². The first-order valence-electron chi connectivity index (χ1n) is 9.47. The molecule has 1 fully saturated rings. The molecule has 0 bridgehead atoms. The molecule has 1 saturated heterocycles. The number of guanidine groups is 1. The van der Waals surface area contributed by atoms with E-state index in [0.717, 1.165) is 51.4 Å². The van der Waals surface area contributed by atoms with Crippen LogP contribution >= 0.6 is 0 Å². The van der Waals surface area contributed by atoms with Gasteiger partial charge in [-0.15, -0.1) is 0 Å². The van der Waals surface area contributed by atoms with Crippen molar-refractivity contribution in [3.8, 4) is 0 Å². The van der Waals surface area contributed by atoms with Crippen molar-refractivity contribution >= 4 is 5.96 Å². The van der Waals surface area contributed by atoms with Gasteiger partial charge in [0.15, 0.2) is 5.96 Å². The molecule has 8 heteroatoms. The van der Waals surface area contributed by atoms with Gasteiger partial charge in [-0.05, 0) is 51.2 Å². The molecule has 1 aromatic carbocycles. The summed E-state index contributed by atoms with van der Waals surface area (Å²) in [6, 6.07) is 5.32. The van der Waals surface area contributed by atoms with Crippen molar-refractivity contribution in [1.82, 2.24) is 20.4 Å². The number of halogens is 3. The van der Waals surface area contributed by atoms with Crippen LogP contribution in [0.25, 0.3) is 0 Å². The van der Waals surface area contributed by atoms with E-state index in [1.165, 1.54) is 12.5 Å². The van der Waals surface area contributed by atoms with Gasteiger partial charge in [-0.3, -0.25) is 0 Å². The molecule has 0 spiro atoms. The molecule has 1 aromatic rings. The smallest absolute Gasteiger partial charge is 0.357 e. The molecular weight excluding hydrogens is 355 g/mol. The lowest BCUT2D eigenvalue weighted by Crippen LogP contribution is -2.42. The standard InChI is InChI=1S/C19H30F3N5/c1-3-23-18(24-8-11-27-10-5-9-26(2)12-13-27)25-15-16-6-4-7-17(14-16)19(20,21)22/h4,6-7,14H,3,5,8-13,15H2,1-2H3,(H2,23,24,25). The number of rotatable bonds is 6. The Balaban J connectivity index is 1.86. The van der Waals surface area contributed by atoms with Gasteiger partial charge in [0.1, 0.15) is 0 Å². The van der Waals surface area contributed by atoms with Gasteiger partial charge in [0.05, 0.1) is 12.1 Å². The zero-order valence-corrected chi connectivity index (χ0v) is 16.1. The average molecular weight is 385 g/mol. The summed E-state index contributed by atoms with van der Waals surface area (Å²) in [4.78, 5) is 9.19. The Morgan fingerprint density at radius 3 is 2.70 bits per heavy atom. The van der Waals surface area contributed by atoms with E-state index in [2.05, 4.69) is 32.5 Å². The quantitative estimate of drug-likeness (QED) is 0.583. The Morgan fingerprint density at radius 1 is 1.15 bits per heavy atom. The molecular formula is C19H30F3N5. The molecule has 0 aromatic heterocycles. The number of aliphatic imine (C=N–C) groups is 1. The van der Waals surface area contributed by atoms with Crippen molar-refractivity contribution in [2.45, 2.75) is 26.1 Å². The Hall–Kier alpha value is -1.80. The minimum atomic E-state index is -4.33. The maximum atomic E-state index is 12.8. The maximum absolute atomic E-state index is 12.8. The number of benzene rings is 1. The summed E-state index contributed by atoms with van der Waals surface area (Å²) in [5.41, 5.74) is -0.100. The van der Waals surface area contributed by atoms with Crippen molar-refractivity contribution in [2.24, 2.45) is 4.99 Å². The summed E-state index contributed by atoms with van der Waals surface area (Å²) < 4.78 is 38.4. The molecule has 152 valence electrons. The lowest BCUT2D eigenvalue weighted by atomic mass is 10.1. The first-order valence-corrected chi connectivity index (χ1v) is 9.47. The summed E-state index contributed by atoms with van der Waals surface area (Å²) in [6.07, 6.45) is -3.16. The van der Waals surface area contributed by atoms with Gasteiger partial charge in [-0.2, -0.15) is 13.2 Å². The Kier molecular flexibility index (Phi) is 8.37. The van der Waals surface area contributed by atoms with E-state index in [1.807, 2.05) is 6.92 Å². The van der Waals surface area contributed by atoms with E-state index in [-0.39, 0.29) is 6.54 Å². The van der Waals surface area contributed by atoms with Gasteiger partial charge in [0, 0.05) is 32.7 Å². The fourth-order valence-electron chi connectivity index (χ4n) is 3.01. The fourth-order valence-corrected chi connectivity index (χ4v) is 3.01. The Morgan fingerprint density at radius 2 is 1.96 bits per heavy atom. The van der Waals surface area contributed by atoms with Crippen LogP contribution in [-0.4, -0.2) is 68.6 Å². The fraction of sp³-hybridized carbons (Fsp3) is 0.632. The molecule has 0 atom stereocenters. The highest BCUT2D eigenvalue weighted by Crippen LogP contribution is 2.29. The highest BCUT2D eigenvalue weighted by molar-refractivity contribution is 5.79. The van der Waals surface area contributed by atoms with E-state index >= 15 is 0 Å². The molecule has 1 aliphatic rings. The van der Waals surface area contributed by atoms with Crippen LogP contribution < -0.4 is 10.6 Å². The topological polar surface area (TPSA) is 42.9 Å². The van der Waals surface area contributed by atoms with E-state index in [4.69, 9.17) is 0 Å². The van der Waals surface area contributed by atoms with Crippen LogP contribution in [0.4, 0.5) is 13.2 Å². The second-order valence-electron chi connectivity index (χ2n) is 6.82. The van der Waals surface area contributed by atoms with Crippen molar-refractivity contribution in [1.29, 1.82) is 0 Å². The van der Waals surface area contributed by atoms with Crippen molar-refractivity contribution < 1.29 is 13.2 Å². The van der Waals surface area contributed by atoms with Gasteiger partial charge in [-0.1, -0.05) is 12.1 Å². The van der Waals surface area contributed by atoms with Crippen LogP contribution in [0.3, 0.4) is 0 Å². The Bertz CT molecular complexity index is 603. The zero-order valence-electron chi connectivity index (χ0n) is 16.1. The monoisotopic (exact) mass is 385 g/mol. The predicted octanol–water partition coefficient (Wildman–Crippen LogP) is 2.40. The Labute approximate surface area is 159 Å². The normalized spacial score (nSPS) is 17.6. The summed E-state index contributed by atoms with van der Waals surface area (Å²) in [5.74, 6) is 0.627. The van der Waals surface area contributed by atoms with Crippen LogP contribution in [0.2, 0.25) is 0 Å². The zero-order chi connectivity index (χ0) is 19.7. The van der Waals surface area contributed by atoms with Crippen LogP contribution in [0.5, 0.6) is 0 Å². The third kappa shape index (κ3) is 7.76. The molecule has 1 aliphatic heterocycles. The van der Waals surface area contributed by atoms with Crippen LogP contribution in [-0.2, 0) is 12.7 Å². The van der Waals surface area contributed by atoms with Crippen molar-refractivity contribution in [2.75, 3.05) is 52.9 Å². The lowest BCUT2D eigenvalue weighted by molar-refractivity contribution is -0.137. The lowest BCUT2D eigenvalue weighted by Gasteiger charge is -2.21. The number of nitrogens with one attached hydrogen (secondary N) is 2. The van der Waals surface area contributed by atoms with Gasteiger partial charge >= 0.3 is 6.18 Å². The van der Waals surface area contributed by atoms with E-state index < -0.39 is 11.7 Å². The molecule has 0 aliphatic carbocycles. The SMILES string of the molecule is CCNC(=NCc1cccc(C(F)(F)F)c1)NCCN1CCCN(C)CC1. The first kappa shape index (κ1) is 21.5. The number of alkyl halides is 3. The van der Waals surface area contributed by atoms with E-state index in [1.54, 1.807) is 6.07 Å². The average Bonchev–Trinajstić information content (AvgIpc) is 2.83. The molecule has 5 nitrogen and oxygen atoms in total. The number of hydrogen-bond acceptors (Lipinski definition) is 3. The second kappa shape index (κ2) is 10.5. The van der Waals surface area contributed by atoms with Gasteiger partial charge in [-0.25, -0.2) is 4.99 Å². The molecule has 0 unspecified atom stereocenters. The first-order chi connectivity index (χ1) is 12.9. The third-order valence-electron chi connectivity index (χ3n) is 4.55. The second-order valence-corrected chi connectivity index (χ2v) is 6.82. The highest BCUT2D eigenvalue weighted by atomic mass is 19.4. The molecule has 1 heterocycles.